The van der Waals surface area contributed by atoms with E-state index in [1.54, 1.807) is 18.2 Å². The number of rotatable bonds is 9. The second-order valence-corrected chi connectivity index (χ2v) is 9.50. The van der Waals surface area contributed by atoms with E-state index in [4.69, 9.17) is 4.74 Å². The molecule has 0 aliphatic carbocycles. The lowest BCUT2D eigenvalue weighted by atomic mass is 10.1. The van der Waals surface area contributed by atoms with Gasteiger partial charge in [0.25, 0.3) is 0 Å². The van der Waals surface area contributed by atoms with Crippen molar-refractivity contribution < 1.29 is 17.9 Å². The van der Waals surface area contributed by atoms with Crippen molar-refractivity contribution in [1.29, 1.82) is 0 Å². The van der Waals surface area contributed by atoms with Gasteiger partial charge in [-0.1, -0.05) is 66.7 Å². The molecule has 0 bridgehead atoms. The maximum absolute atomic E-state index is 13.4. The molecule has 1 amide bonds. The zero-order chi connectivity index (χ0) is 24.0. The lowest BCUT2D eigenvalue weighted by molar-refractivity contribution is -0.117. The molecule has 0 unspecified atom stereocenters. The Bertz CT molecular complexity index is 1370. The first-order valence-corrected chi connectivity index (χ1v) is 12.5. The molecule has 0 aliphatic heterocycles. The summed E-state index contributed by atoms with van der Waals surface area (Å²) < 4.78 is 34.3. The fourth-order valence-corrected chi connectivity index (χ4v) is 4.92. The SMILES string of the molecule is CCOc1ccc(S(=O)(=O)N[C@H](Cc2ccccc2)C(=O)Nc2cccc3ccccc23)cc1. The van der Waals surface area contributed by atoms with Gasteiger partial charge in [-0.2, -0.15) is 4.72 Å². The van der Waals surface area contributed by atoms with Crippen molar-refractivity contribution in [2.45, 2.75) is 24.3 Å². The molecular formula is C27H26N2O4S. The average molecular weight is 475 g/mol. The molecule has 34 heavy (non-hydrogen) atoms. The van der Waals surface area contributed by atoms with Crippen LogP contribution in [0.2, 0.25) is 0 Å². The van der Waals surface area contributed by atoms with Crippen LogP contribution in [-0.2, 0) is 21.2 Å². The van der Waals surface area contributed by atoms with Gasteiger partial charge in [0.1, 0.15) is 11.8 Å². The van der Waals surface area contributed by atoms with E-state index in [9.17, 15) is 13.2 Å². The highest BCUT2D eigenvalue weighted by atomic mass is 32.2. The number of amides is 1. The lowest BCUT2D eigenvalue weighted by Gasteiger charge is -2.19. The average Bonchev–Trinajstić information content (AvgIpc) is 2.85. The van der Waals surface area contributed by atoms with E-state index in [-0.39, 0.29) is 11.3 Å². The molecule has 0 heterocycles. The topological polar surface area (TPSA) is 84.5 Å². The Morgan fingerprint density at radius 2 is 1.53 bits per heavy atom. The molecule has 0 aliphatic rings. The first-order chi connectivity index (χ1) is 16.5. The van der Waals surface area contributed by atoms with Gasteiger partial charge in [0.15, 0.2) is 0 Å². The largest absolute Gasteiger partial charge is 0.494 e. The Hall–Kier alpha value is -3.68. The maximum Gasteiger partial charge on any atom is 0.242 e. The van der Waals surface area contributed by atoms with Crippen LogP contribution in [0.1, 0.15) is 12.5 Å². The summed E-state index contributed by atoms with van der Waals surface area (Å²) in [6, 6.07) is 27.8. The zero-order valence-corrected chi connectivity index (χ0v) is 19.6. The van der Waals surface area contributed by atoms with Gasteiger partial charge in [-0.25, -0.2) is 8.42 Å². The minimum Gasteiger partial charge on any atom is -0.494 e. The standard InChI is InChI=1S/C27H26N2O4S/c1-2-33-22-15-17-23(18-16-22)34(31,32)29-26(19-20-9-4-3-5-10-20)27(30)28-25-14-8-12-21-11-6-7-13-24(21)25/h3-18,26,29H,2,19H2,1H3,(H,28,30)/t26-/m1/s1. The van der Waals surface area contributed by atoms with Crippen LogP contribution in [0, 0.1) is 0 Å². The van der Waals surface area contributed by atoms with E-state index in [1.807, 2.05) is 73.7 Å². The monoisotopic (exact) mass is 474 g/mol. The minimum absolute atomic E-state index is 0.0620. The van der Waals surface area contributed by atoms with Crippen LogP contribution in [0.15, 0.2) is 102 Å². The molecule has 0 aromatic heterocycles. The number of benzene rings is 4. The Balaban J connectivity index is 1.61. The van der Waals surface area contributed by atoms with Crippen molar-refractivity contribution in [3.8, 4) is 5.75 Å². The molecule has 174 valence electrons. The van der Waals surface area contributed by atoms with Crippen LogP contribution in [-0.4, -0.2) is 27.0 Å². The van der Waals surface area contributed by atoms with Gasteiger partial charge < -0.3 is 10.1 Å². The summed E-state index contributed by atoms with van der Waals surface area (Å²) in [6.45, 7) is 2.34. The first kappa shape index (κ1) is 23.5. The summed E-state index contributed by atoms with van der Waals surface area (Å²) in [6.07, 6.45) is 0.202. The molecule has 4 aromatic rings. The molecule has 6 nitrogen and oxygen atoms in total. The summed E-state index contributed by atoms with van der Waals surface area (Å²) >= 11 is 0. The smallest absolute Gasteiger partial charge is 0.242 e. The number of carbonyl (C=O) groups excluding carboxylic acids is 1. The number of hydrogen-bond donors (Lipinski definition) is 2. The van der Waals surface area contributed by atoms with Crippen molar-refractivity contribution in [3.63, 3.8) is 0 Å². The van der Waals surface area contributed by atoms with E-state index in [2.05, 4.69) is 10.0 Å². The van der Waals surface area contributed by atoms with Crippen LogP contribution in [0.5, 0.6) is 5.75 Å². The third-order valence-corrected chi connectivity index (χ3v) is 6.88. The van der Waals surface area contributed by atoms with Crippen LogP contribution >= 0.6 is 0 Å². The maximum atomic E-state index is 13.4. The highest BCUT2D eigenvalue weighted by molar-refractivity contribution is 7.89. The van der Waals surface area contributed by atoms with Crippen LogP contribution in [0.3, 0.4) is 0 Å². The Labute approximate surface area is 199 Å². The van der Waals surface area contributed by atoms with Gasteiger partial charge in [0.05, 0.1) is 11.5 Å². The molecule has 4 rings (SSSR count). The van der Waals surface area contributed by atoms with E-state index in [0.29, 0.717) is 18.0 Å². The van der Waals surface area contributed by atoms with Crippen LogP contribution in [0.25, 0.3) is 10.8 Å². The van der Waals surface area contributed by atoms with Gasteiger partial charge in [-0.3, -0.25) is 4.79 Å². The molecule has 0 saturated carbocycles. The van der Waals surface area contributed by atoms with E-state index in [1.165, 1.54) is 12.1 Å². The predicted octanol–water partition coefficient (Wildman–Crippen LogP) is 4.77. The summed E-state index contributed by atoms with van der Waals surface area (Å²) in [5.74, 6) is 0.144. The number of nitrogens with one attached hydrogen (secondary N) is 2. The van der Waals surface area contributed by atoms with E-state index in [0.717, 1.165) is 16.3 Å². The summed E-state index contributed by atoms with van der Waals surface area (Å²) in [4.78, 5) is 13.4. The van der Waals surface area contributed by atoms with Gasteiger partial charge in [0, 0.05) is 11.1 Å². The second-order valence-electron chi connectivity index (χ2n) is 7.78. The van der Waals surface area contributed by atoms with Gasteiger partial charge in [-0.05, 0) is 54.6 Å². The van der Waals surface area contributed by atoms with Crippen molar-refractivity contribution in [2.24, 2.45) is 0 Å². The number of ether oxygens (including phenoxy) is 1. The van der Waals surface area contributed by atoms with Crippen LogP contribution < -0.4 is 14.8 Å². The van der Waals surface area contributed by atoms with Crippen LogP contribution in [0.4, 0.5) is 5.69 Å². The predicted molar refractivity (Wildman–Crippen MR) is 134 cm³/mol. The Morgan fingerprint density at radius 3 is 2.26 bits per heavy atom. The highest BCUT2D eigenvalue weighted by Gasteiger charge is 2.26. The van der Waals surface area contributed by atoms with E-state index < -0.39 is 22.0 Å². The first-order valence-electron chi connectivity index (χ1n) is 11.0. The Kier molecular flexibility index (Phi) is 7.25. The van der Waals surface area contributed by atoms with Gasteiger partial charge in [-0.15, -0.1) is 0 Å². The molecule has 0 saturated heterocycles. The third-order valence-electron chi connectivity index (χ3n) is 5.39. The molecular weight excluding hydrogens is 448 g/mol. The van der Waals surface area contributed by atoms with Crippen molar-refractivity contribution in [3.05, 3.63) is 103 Å². The molecule has 0 radical (unpaired) electrons. The fraction of sp³-hybridized carbons (Fsp3) is 0.148. The summed E-state index contributed by atoms with van der Waals surface area (Å²) in [5.41, 5.74) is 1.47. The number of sulfonamides is 1. The number of anilines is 1. The summed E-state index contributed by atoms with van der Waals surface area (Å²) in [5, 5.41) is 4.78. The van der Waals surface area contributed by atoms with Gasteiger partial charge >= 0.3 is 0 Å². The molecule has 0 fully saturated rings. The molecule has 2 N–H and O–H groups in total. The normalized spacial score (nSPS) is 12.3. The quantitative estimate of drug-likeness (QED) is 0.366. The fourth-order valence-electron chi connectivity index (χ4n) is 3.73. The third kappa shape index (κ3) is 5.62. The van der Waals surface area contributed by atoms with Crippen molar-refractivity contribution in [2.75, 3.05) is 11.9 Å². The molecule has 4 aromatic carbocycles. The van der Waals surface area contributed by atoms with Crippen molar-refractivity contribution >= 4 is 32.4 Å². The minimum atomic E-state index is -3.96. The Morgan fingerprint density at radius 1 is 0.853 bits per heavy atom. The van der Waals surface area contributed by atoms with E-state index >= 15 is 0 Å². The highest BCUT2D eigenvalue weighted by Crippen LogP contribution is 2.24. The number of carbonyl (C=O) groups is 1. The van der Waals surface area contributed by atoms with Crippen molar-refractivity contribution in [1.82, 2.24) is 4.72 Å². The number of fused-ring (bicyclic) bond motifs is 1. The molecule has 7 heteroatoms. The van der Waals surface area contributed by atoms with Gasteiger partial charge in [0.2, 0.25) is 15.9 Å². The number of hydrogen-bond acceptors (Lipinski definition) is 4. The molecule has 1 atom stereocenters. The molecule has 0 spiro atoms. The zero-order valence-electron chi connectivity index (χ0n) is 18.8. The lowest BCUT2D eigenvalue weighted by Crippen LogP contribution is -2.45. The second kappa shape index (κ2) is 10.5. The summed E-state index contributed by atoms with van der Waals surface area (Å²) in [7, 11) is -3.96.